The van der Waals surface area contributed by atoms with Gasteiger partial charge in [-0.15, -0.1) is 0 Å². The summed E-state index contributed by atoms with van der Waals surface area (Å²) in [5.74, 6) is 0.787. The highest BCUT2D eigenvalue weighted by molar-refractivity contribution is 5.68. The molecule has 0 bridgehead atoms. The van der Waals surface area contributed by atoms with Gasteiger partial charge in [0.2, 0.25) is 0 Å². The number of anilines is 2. The Morgan fingerprint density at radius 3 is 2.83 bits per heavy atom. The maximum atomic E-state index is 5.91. The maximum Gasteiger partial charge on any atom is 0.121 e. The van der Waals surface area contributed by atoms with Crippen molar-refractivity contribution in [2.75, 3.05) is 18.2 Å². The van der Waals surface area contributed by atoms with Crippen LogP contribution in [0.4, 0.5) is 11.4 Å². The Kier molecular flexibility index (Phi) is 3.41. The van der Waals surface area contributed by atoms with Gasteiger partial charge in [-0.2, -0.15) is 5.10 Å². The summed E-state index contributed by atoms with van der Waals surface area (Å²) in [6, 6.07) is 5.56. The molecule has 0 unspecified atom stereocenters. The van der Waals surface area contributed by atoms with Gasteiger partial charge in [0, 0.05) is 31.4 Å². The van der Waals surface area contributed by atoms with Gasteiger partial charge in [-0.05, 0) is 19.1 Å². The van der Waals surface area contributed by atoms with E-state index in [2.05, 4.69) is 10.4 Å². The molecule has 0 aliphatic heterocycles. The van der Waals surface area contributed by atoms with Gasteiger partial charge in [0.05, 0.1) is 24.2 Å². The molecule has 5 nitrogen and oxygen atoms in total. The van der Waals surface area contributed by atoms with Crippen LogP contribution in [0.5, 0.6) is 5.75 Å². The summed E-state index contributed by atoms with van der Waals surface area (Å²) in [7, 11) is 3.55. The number of nitrogens with one attached hydrogen (secondary N) is 1. The topological polar surface area (TPSA) is 65.1 Å². The SMILES string of the molecule is COc1ccc(N)c(NCc2cn(C)nc2C)c1. The summed E-state index contributed by atoms with van der Waals surface area (Å²) in [5.41, 5.74) is 9.66. The Labute approximate surface area is 107 Å². The minimum absolute atomic E-state index is 0.692. The van der Waals surface area contributed by atoms with Gasteiger partial charge in [-0.1, -0.05) is 0 Å². The highest BCUT2D eigenvalue weighted by Gasteiger charge is 2.05. The monoisotopic (exact) mass is 246 g/mol. The summed E-state index contributed by atoms with van der Waals surface area (Å²) >= 11 is 0. The molecule has 1 heterocycles. The first-order chi connectivity index (χ1) is 8.60. The van der Waals surface area contributed by atoms with Crippen LogP contribution in [0, 0.1) is 6.92 Å². The van der Waals surface area contributed by atoms with E-state index in [1.807, 2.05) is 38.4 Å². The van der Waals surface area contributed by atoms with E-state index in [-0.39, 0.29) is 0 Å². The fourth-order valence-corrected chi connectivity index (χ4v) is 1.83. The fraction of sp³-hybridized carbons (Fsp3) is 0.308. The van der Waals surface area contributed by atoms with Crippen LogP contribution in [-0.4, -0.2) is 16.9 Å². The van der Waals surface area contributed by atoms with Crippen molar-refractivity contribution in [2.45, 2.75) is 13.5 Å². The van der Waals surface area contributed by atoms with Gasteiger partial charge in [0.15, 0.2) is 0 Å². The lowest BCUT2D eigenvalue weighted by molar-refractivity contribution is 0.415. The largest absolute Gasteiger partial charge is 0.497 e. The molecule has 96 valence electrons. The third-order valence-corrected chi connectivity index (χ3v) is 2.84. The molecule has 0 atom stereocenters. The van der Waals surface area contributed by atoms with E-state index in [1.165, 1.54) is 0 Å². The molecule has 0 fully saturated rings. The number of rotatable bonds is 4. The van der Waals surface area contributed by atoms with E-state index in [4.69, 9.17) is 10.5 Å². The fourth-order valence-electron chi connectivity index (χ4n) is 1.83. The second kappa shape index (κ2) is 5.00. The quantitative estimate of drug-likeness (QED) is 0.809. The molecule has 0 aliphatic carbocycles. The molecule has 1 aromatic heterocycles. The summed E-state index contributed by atoms with van der Waals surface area (Å²) in [6.45, 7) is 2.68. The van der Waals surface area contributed by atoms with Crippen molar-refractivity contribution in [1.82, 2.24) is 9.78 Å². The third kappa shape index (κ3) is 2.56. The molecule has 5 heteroatoms. The molecule has 0 saturated carbocycles. The van der Waals surface area contributed by atoms with E-state index in [1.54, 1.807) is 11.8 Å². The van der Waals surface area contributed by atoms with Crippen LogP contribution < -0.4 is 15.8 Å². The van der Waals surface area contributed by atoms with Crippen LogP contribution >= 0.6 is 0 Å². The normalized spacial score (nSPS) is 10.4. The number of ether oxygens (including phenoxy) is 1. The van der Waals surface area contributed by atoms with Gasteiger partial charge in [0.1, 0.15) is 5.75 Å². The lowest BCUT2D eigenvalue weighted by Gasteiger charge is -2.10. The average Bonchev–Trinajstić information content (AvgIpc) is 2.67. The van der Waals surface area contributed by atoms with Crippen LogP contribution in [0.2, 0.25) is 0 Å². The average molecular weight is 246 g/mol. The molecule has 18 heavy (non-hydrogen) atoms. The number of nitrogens with two attached hydrogens (primary N) is 1. The molecule has 1 aromatic carbocycles. The Balaban J connectivity index is 2.12. The predicted molar refractivity (Wildman–Crippen MR) is 72.7 cm³/mol. The number of aromatic nitrogens is 2. The summed E-state index contributed by atoms with van der Waals surface area (Å²) < 4.78 is 6.98. The lowest BCUT2D eigenvalue weighted by atomic mass is 10.2. The van der Waals surface area contributed by atoms with Crippen LogP contribution in [0.25, 0.3) is 0 Å². The molecule has 0 amide bonds. The predicted octanol–water partition coefficient (Wildman–Crippen LogP) is 1.93. The zero-order chi connectivity index (χ0) is 13.1. The van der Waals surface area contributed by atoms with Crippen molar-refractivity contribution in [3.63, 3.8) is 0 Å². The summed E-state index contributed by atoms with van der Waals surface area (Å²) in [5, 5.41) is 7.60. The second-order valence-electron chi connectivity index (χ2n) is 4.22. The number of aryl methyl sites for hydroxylation is 2. The first kappa shape index (κ1) is 12.3. The van der Waals surface area contributed by atoms with Gasteiger partial charge < -0.3 is 15.8 Å². The number of nitrogen functional groups attached to an aromatic ring is 1. The van der Waals surface area contributed by atoms with Crippen LogP contribution in [0.15, 0.2) is 24.4 Å². The van der Waals surface area contributed by atoms with Crippen molar-refractivity contribution in [3.8, 4) is 5.75 Å². The van der Waals surface area contributed by atoms with E-state index in [9.17, 15) is 0 Å². The van der Waals surface area contributed by atoms with Crippen LogP contribution in [0.1, 0.15) is 11.3 Å². The zero-order valence-corrected chi connectivity index (χ0v) is 10.9. The molecular formula is C13H18N4O. The number of hydrogen-bond acceptors (Lipinski definition) is 4. The van der Waals surface area contributed by atoms with Gasteiger partial charge in [-0.25, -0.2) is 0 Å². The Bertz CT molecular complexity index is 548. The van der Waals surface area contributed by atoms with Crippen LogP contribution in [-0.2, 0) is 13.6 Å². The number of methoxy groups -OCH3 is 1. The van der Waals surface area contributed by atoms with Crippen LogP contribution in [0.3, 0.4) is 0 Å². The molecule has 3 N–H and O–H groups in total. The Morgan fingerprint density at radius 1 is 1.44 bits per heavy atom. The summed E-state index contributed by atoms with van der Waals surface area (Å²) in [4.78, 5) is 0. The van der Waals surface area contributed by atoms with Crippen molar-refractivity contribution < 1.29 is 4.74 Å². The van der Waals surface area contributed by atoms with E-state index in [0.29, 0.717) is 12.2 Å². The molecule has 2 rings (SSSR count). The molecule has 2 aromatic rings. The molecule has 0 spiro atoms. The third-order valence-electron chi connectivity index (χ3n) is 2.84. The minimum Gasteiger partial charge on any atom is -0.497 e. The number of hydrogen-bond donors (Lipinski definition) is 2. The second-order valence-corrected chi connectivity index (χ2v) is 4.22. The van der Waals surface area contributed by atoms with Crippen molar-refractivity contribution in [2.24, 2.45) is 7.05 Å². The van der Waals surface area contributed by atoms with Gasteiger partial charge in [0.25, 0.3) is 0 Å². The Morgan fingerprint density at radius 2 is 2.22 bits per heavy atom. The molecule has 0 saturated heterocycles. The lowest BCUT2D eigenvalue weighted by Crippen LogP contribution is -2.03. The molecule has 0 aliphatic rings. The van der Waals surface area contributed by atoms with Crippen molar-refractivity contribution in [1.29, 1.82) is 0 Å². The first-order valence-electron chi connectivity index (χ1n) is 5.76. The van der Waals surface area contributed by atoms with E-state index < -0.39 is 0 Å². The summed E-state index contributed by atoms with van der Waals surface area (Å²) in [6.07, 6.45) is 2.00. The van der Waals surface area contributed by atoms with Gasteiger partial charge >= 0.3 is 0 Å². The highest BCUT2D eigenvalue weighted by Crippen LogP contribution is 2.25. The molecular weight excluding hydrogens is 228 g/mol. The molecule has 0 radical (unpaired) electrons. The first-order valence-corrected chi connectivity index (χ1v) is 5.76. The van der Waals surface area contributed by atoms with Gasteiger partial charge in [-0.3, -0.25) is 4.68 Å². The smallest absolute Gasteiger partial charge is 0.121 e. The zero-order valence-electron chi connectivity index (χ0n) is 10.9. The van der Waals surface area contributed by atoms with Crippen molar-refractivity contribution in [3.05, 3.63) is 35.7 Å². The minimum atomic E-state index is 0.692. The standard InChI is InChI=1S/C13H18N4O/c1-9-10(8-17(2)16-9)7-15-13-6-11(18-3)4-5-12(13)14/h4-6,8,15H,7,14H2,1-3H3. The number of nitrogens with zero attached hydrogens (tertiary/aromatic N) is 2. The highest BCUT2D eigenvalue weighted by atomic mass is 16.5. The number of benzene rings is 1. The van der Waals surface area contributed by atoms with Crippen molar-refractivity contribution >= 4 is 11.4 Å². The van der Waals surface area contributed by atoms with E-state index >= 15 is 0 Å². The van der Waals surface area contributed by atoms with E-state index in [0.717, 1.165) is 22.7 Å². The maximum absolute atomic E-state index is 5.91. The Hall–Kier alpha value is -2.17.